The maximum Gasteiger partial charge on any atom is 0.358 e. The lowest BCUT2D eigenvalue weighted by atomic mass is 10.3. The third-order valence-electron chi connectivity index (χ3n) is 1.92. The molecular formula is C11H6N4O3. The second-order valence-electron chi connectivity index (χ2n) is 3.09. The molecule has 2 aromatic rings. The molecule has 7 heteroatoms. The van der Waals surface area contributed by atoms with E-state index in [4.69, 9.17) is 15.1 Å². The average Bonchev–Trinajstić information content (AvgIpc) is 2.39. The molecule has 0 atom stereocenters. The Hall–Kier alpha value is -3.01. The minimum absolute atomic E-state index is 0.0140. The molecule has 0 saturated carbocycles. The highest BCUT2D eigenvalue weighted by Gasteiger charge is 2.14. The van der Waals surface area contributed by atoms with Crippen LogP contribution in [-0.2, 0) is 0 Å². The fraction of sp³-hybridized carbons (Fsp3) is 0. The zero-order valence-corrected chi connectivity index (χ0v) is 8.94. The number of carboxylic acid groups (broad SMARTS) is 1. The molecule has 0 amide bonds. The molecule has 88 valence electrons. The summed E-state index contributed by atoms with van der Waals surface area (Å²) in [5.41, 5.74) is -0.121. The number of carbonyl (C=O) groups is 1. The van der Waals surface area contributed by atoms with Gasteiger partial charge >= 0.3 is 12.0 Å². The van der Waals surface area contributed by atoms with E-state index in [0.29, 0.717) is 0 Å². The topological polar surface area (TPSA) is 109 Å². The second-order valence-corrected chi connectivity index (χ2v) is 3.09. The number of aromatic carboxylic acids is 1. The predicted molar refractivity (Wildman–Crippen MR) is 58.0 cm³/mol. The number of rotatable bonds is 3. The molecule has 0 saturated heterocycles. The molecule has 2 aromatic heterocycles. The standard InChI is InChI=1S/C11H6N4O3/c12-6-7-3-5-14-11(15-7)18-8-2-1-4-13-9(8)10(16)17/h1-5H,(H,16,17). The van der Waals surface area contributed by atoms with Crippen molar-refractivity contribution in [2.75, 3.05) is 0 Å². The van der Waals surface area contributed by atoms with E-state index in [1.165, 1.54) is 30.6 Å². The van der Waals surface area contributed by atoms with Gasteiger partial charge in [0.15, 0.2) is 11.4 Å². The number of hydrogen-bond acceptors (Lipinski definition) is 6. The van der Waals surface area contributed by atoms with Gasteiger partial charge < -0.3 is 9.84 Å². The number of nitrogens with zero attached hydrogens (tertiary/aromatic N) is 4. The molecule has 0 aliphatic rings. The lowest BCUT2D eigenvalue weighted by Gasteiger charge is -2.05. The van der Waals surface area contributed by atoms with E-state index < -0.39 is 5.97 Å². The SMILES string of the molecule is N#Cc1ccnc(Oc2cccnc2C(=O)O)n1. The molecule has 0 fully saturated rings. The number of ether oxygens (including phenoxy) is 1. The maximum absolute atomic E-state index is 10.9. The van der Waals surface area contributed by atoms with Gasteiger partial charge in [-0.3, -0.25) is 0 Å². The number of carboxylic acids is 1. The van der Waals surface area contributed by atoms with Gasteiger partial charge in [-0.1, -0.05) is 0 Å². The van der Waals surface area contributed by atoms with Crippen LogP contribution in [0.3, 0.4) is 0 Å². The van der Waals surface area contributed by atoms with Crippen LogP contribution in [0.4, 0.5) is 0 Å². The first-order chi connectivity index (χ1) is 8.70. The van der Waals surface area contributed by atoms with Gasteiger partial charge in [-0.25, -0.2) is 14.8 Å². The van der Waals surface area contributed by atoms with Crippen molar-refractivity contribution < 1.29 is 14.6 Å². The van der Waals surface area contributed by atoms with Crippen LogP contribution in [0, 0.1) is 11.3 Å². The van der Waals surface area contributed by atoms with Gasteiger partial charge in [0.1, 0.15) is 11.8 Å². The predicted octanol–water partition coefficient (Wildman–Crippen LogP) is 1.23. The quantitative estimate of drug-likeness (QED) is 0.861. The summed E-state index contributed by atoms with van der Waals surface area (Å²) in [6, 6.07) is 6.08. The van der Waals surface area contributed by atoms with E-state index in [-0.39, 0.29) is 23.1 Å². The summed E-state index contributed by atoms with van der Waals surface area (Å²) in [7, 11) is 0. The Labute approximate surface area is 101 Å². The molecule has 0 radical (unpaired) electrons. The van der Waals surface area contributed by atoms with E-state index in [0.717, 1.165) is 0 Å². The Balaban J connectivity index is 2.34. The van der Waals surface area contributed by atoms with Gasteiger partial charge in [-0.15, -0.1) is 0 Å². The first kappa shape index (κ1) is 11.5. The van der Waals surface area contributed by atoms with E-state index in [2.05, 4.69) is 15.0 Å². The van der Waals surface area contributed by atoms with Crippen molar-refractivity contribution in [3.8, 4) is 17.8 Å². The van der Waals surface area contributed by atoms with Crippen molar-refractivity contribution in [3.63, 3.8) is 0 Å². The molecule has 1 N–H and O–H groups in total. The zero-order chi connectivity index (χ0) is 13.0. The van der Waals surface area contributed by atoms with Crippen molar-refractivity contribution >= 4 is 5.97 Å². The van der Waals surface area contributed by atoms with Crippen LogP contribution in [0.1, 0.15) is 16.2 Å². The lowest BCUT2D eigenvalue weighted by Crippen LogP contribution is -2.04. The fourth-order valence-electron chi connectivity index (χ4n) is 1.18. The minimum Gasteiger partial charge on any atom is -0.476 e. The summed E-state index contributed by atoms with van der Waals surface area (Å²) < 4.78 is 5.20. The molecule has 0 aliphatic heterocycles. The van der Waals surface area contributed by atoms with Crippen LogP contribution in [0.25, 0.3) is 0 Å². The number of aromatic nitrogens is 3. The van der Waals surface area contributed by atoms with E-state index >= 15 is 0 Å². The van der Waals surface area contributed by atoms with Crippen LogP contribution < -0.4 is 4.74 Å². The highest BCUT2D eigenvalue weighted by Crippen LogP contribution is 2.20. The number of nitriles is 1. The van der Waals surface area contributed by atoms with Gasteiger partial charge in [0.05, 0.1) is 0 Å². The molecule has 2 rings (SSSR count). The molecule has 0 spiro atoms. The fourth-order valence-corrected chi connectivity index (χ4v) is 1.18. The van der Waals surface area contributed by atoms with Gasteiger partial charge in [0.25, 0.3) is 0 Å². The van der Waals surface area contributed by atoms with Gasteiger partial charge in [-0.05, 0) is 18.2 Å². The Morgan fingerprint density at radius 3 is 2.89 bits per heavy atom. The number of hydrogen-bond donors (Lipinski definition) is 1. The lowest BCUT2D eigenvalue weighted by molar-refractivity contribution is 0.0687. The summed E-state index contributed by atoms with van der Waals surface area (Å²) in [5.74, 6) is -1.21. The highest BCUT2D eigenvalue weighted by atomic mass is 16.5. The van der Waals surface area contributed by atoms with Crippen molar-refractivity contribution in [3.05, 3.63) is 42.0 Å². The molecule has 0 bridgehead atoms. The van der Waals surface area contributed by atoms with Crippen LogP contribution in [0.5, 0.6) is 11.8 Å². The molecule has 7 nitrogen and oxygen atoms in total. The Morgan fingerprint density at radius 2 is 2.17 bits per heavy atom. The normalized spacial score (nSPS) is 9.50. The Morgan fingerprint density at radius 1 is 1.33 bits per heavy atom. The van der Waals surface area contributed by atoms with Gasteiger partial charge in [0, 0.05) is 12.4 Å². The summed E-state index contributed by atoms with van der Waals surface area (Å²) >= 11 is 0. The van der Waals surface area contributed by atoms with Crippen LogP contribution >= 0.6 is 0 Å². The van der Waals surface area contributed by atoms with Crippen molar-refractivity contribution in [2.24, 2.45) is 0 Å². The third kappa shape index (κ3) is 2.38. The van der Waals surface area contributed by atoms with Crippen LogP contribution in [0.2, 0.25) is 0 Å². The summed E-state index contributed by atoms with van der Waals surface area (Å²) in [4.78, 5) is 22.1. The number of pyridine rings is 1. The molecule has 0 unspecified atom stereocenters. The van der Waals surface area contributed by atoms with Crippen molar-refractivity contribution in [2.45, 2.75) is 0 Å². The third-order valence-corrected chi connectivity index (χ3v) is 1.92. The summed E-state index contributed by atoms with van der Waals surface area (Å²) in [6.07, 6.45) is 2.68. The molecule has 2 heterocycles. The van der Waals surface area contributed by atoms with E-state index in [1.807, 2.05) is 6.07 Å². The average molecular weight is 242 g/mol. The minimum atomic E-state index is -1.22. The molecule has 18 heavy (non-hydrogen) atoms. The Bertz CT molecular complexity index is 636. The van der Waals surface area contributed by atoms with Crippen LogP contribution in [-0.4, -0.2) is 26.0 Å². The second kappa shape index (κ2) is 4.88. The summed E-state index contributed by atoms with van der Waals surface area (Å²) in [6.45, 7) is 0. The maximum atomic E-state index is 10.9. The van der Waals surface area contributed by atoms with E-state index in [9.17, 15) is 4.79 Å². The van der Waals surface area contributed by atoms with E-state index in [1.54, 1.807) is 0 Å². The van der Waals surface area contributed by atoms with Gasteiger partial charge in [-0.2, -0.15) is 10.2 Å². The first-order valence-electron chi connectivity index (χ1n) is 4.80. The highest BCUT2D eigenvalue weighted by molar-refractivity contribution is 5.88. The monoisotopic (exact) mass is 242 g/mol. The summed E-state index contributed by atoms with van der Waals surface area (Å²) in [5, 5.41) is 17.6. The van der Waals surface area contributed by atoms with Gasteiger partial charge in [0.2, 0.25) is 0 Å². The van der Waals surface area contributed by atoms with Crippen LogP contribution in [0.15, 0.2) is 30.6 Å². The molecule has 0 aliphatic carbocycles. The van der Waals surface area contributed by atoms with Crippen molar-refractivity contribution in [1.82, 2.24) is 15.0 Å². The van der Waals surface area contributed by atoms with Crippen molar-refractivity contribution in [1.29, 1.82) is 5.26 Å². The zero-order valence-electron chi connectivity index (χ0n) is 8.94. The molecular weight excluding hydrogens is 236 g/mol. The largest absolute Gasteiger partial charge is 0.476 e. The molecule has 0 aromatic carbocycles. The Kier molecular flexibility index (Phi) is 3.11. The first-order valence-corrected chi connectivity index (χ1v) is 4.80. The smallest absolute Gasteiger partial charge is 0.358 e.